The minimum Gasteiger partial charge on any atom is -0.480 e. The van der Waals surface area contributed by atoms with Crippen molar-refractivity contribution >= 4 is 5.78 Å². The van der Waals surface area contributed by atoms with Gasteiger partial charge in [-0.3, -0.25) is 9.78 Å². The number of nitrogens with zero attached hydrogens (tertiary/aromatic N) is 3. The monoisotopic (exact) mass is 259 g/mol. The third kappa shape index (κ3) is 3.04. The highest BCUT2D eigenvalue weighted by atomic mass is 16.5. The van der Waals surface area contributed by atoms with Crippen LogP contribution in [0.5, 0.6) is 11.8 Å². The molecule has 6 heteroatoms. The van der Waals surface area contributed by atoms with Gasteiger partial charge >= 0.3 is 0 Å². The highest BCUT2D eigenvalue weighted by molar-refractivity contribution is 5.97. The molecule has 0 radical (unpaired) electrons. The van der Waals surface area contributed by atoms with Crippen molar-refractivity contribution in [3.05, 3.63) is 42.0 Å². The smallest absolute Gasteiger partial charge is 0.246 e. The van der Waals surface area contributed by atoms with Gasteiger partial charge in [0.25, 0.3) is 0 Å². The van der Waals surface area contributed by atoms with E-state index in [1.807, 2.05) is 6.07 Å². The molecule has 0 saturated heterocycles. The molecule has 2 aromatic heterocycles. The molecule has 98 valence electrons. The predicted octanol–water partition coefficient (Wildman–Crippen LogP) is 1.31. The summed E-state index contributed by atoms with van der Waals surface area (Å²) in [4.78, 5) is 24.2. The van der Waals surface area contributed by atoms with E-state index in [0.717, 1.165) is 5.56 Å². The van der Waals surface area contributed by atoms with Crippen molar-refractivity contribution in [1.82, 2.24) is 15.0 Å². The van der Waals surface area contributed by atoms with Gasteiger partial charge in [-0.25, -0.2) is 4.98 Å². The number of carbonyl (C=O) groups excluding carboxylic acids is 1. The Morgan fingerprint density at radius 2 is 2.11 bits per heavy atom. The van der Waals surface area contributed by atoms with E-state index in [-0.39, 0.29) is 23.8 Å². The van der Waals surface area contributed by atoms with Crippen molar-refractivity contribution in [2.75, 3.05) is 14.2 Å². The Bertz CT molecular complexity index is 573. The van der Waals surface area contributed by atoms with Gasteiger partial charge in [0.15, 0.2) is 11.5 Å². The van der Waals surface area contributed by atoms with Crippen LogP contribution in [0.4, 0.5) is 0 Å². The zero-order chi connectivity index (χ0) is 13.7. The zero-order valence-electron chi connectivity index (χ0n) is 10.7. The Morgan fingerprint density at radius 1 is 1.26 bits per heavy atom. The molecule has 0 aliphatic carbocycles. The predicted molar refractivity (Wildman–Crippen MR) is 67.4 cm³/mol. The molecule has 2 rings (SSSR count). The van der Waals surface area contributed by atoms with Crippen LogP contribution in [0.3, 0.4) is 0 Å². The highest BCUT2D eigenvalue weighted by Gasteiger charge is 2.17. The minimum absolute atomic E-state index is 0.160. The van der Waals surface area contributed by atoms with Gasteiger partial charge in [-0.15, -0.1) is 0 Å². The summed E-state index contributed by atoms with van der Waals surface area (Å²) in [6.07, 6.45) is 4.88. The van der Waals surface area contributed by atoms with Crippen LogP contribution in [-0.4, -0.2) is 35.0 Å². The van der Waals surface area contributed by atoms with Gasteiger partial charge in [0, 0.05) is 18.8 Å². The summed E-state index contributed by atoms with van der Waals surface area (Å²) >= 11 is 0. The molecule has 0 spiro atoms. The average Bonchev–Trinajstić information content (AvgIpc) is 2.47. The number of carbonyl (C=O) groups is 1. The molecular weight excluding hydrogens is 246 g/mol. The first-order chi connectivity index (χ1) is 9.24. The van der Waals surface area contributed by atoms with Gasteiger partial charge in [0.05, 0.1) is 20.4 Å². The van der Waals surface area contributed by atoms with Gasteiger partial charge in [0.1, 0.15) is 0 Å². The first kappa shape index (κ1) is 12.9. The number of methoxy groups -OCH3 is 2. The fraction of sp³-hybridized carbons (Fsp3) is 0.231. The molecule has 0 unspecified atom stereocenters. The number of hydrogen-bond donors (Lipinski definition) is 0. The maximum absolute atomic E-state index is 12.1. The van der Waals surface area contributed by atoms with Crippen LogP contribution in [0.2, 0.25) is 0 Å². The zero-order valence-corrected chi connectivity index (χ0v) is 10.7. The Balaban J connectivity index is 2.24. The normalized spacial score (nSPS) is 10.0. The number of Topliss-reactive ketones (excluding diaryl/α,β-unsaturated/α-hetero) is 1. The maximum atomic E-state index is 12.1. The molecule has 0 aliphatic heterocycles. The SMILES string of the molecule is COc1cnc(C(=O)Cc2cccnc2)c(OC)n1. The number of rotatable bonds is 5. The molecule has 0 aromatic carbocycles. The lowest BCUT2D eigenvalue weighted by molar-refractivity contribution is 0.0983. The van der Waals surface area contributed by atoms with Crippen molar-refractivity contribution < 1.29 is 14.3 Å². The Morgan fingerprint density at radius 3 is 2.74 bits per heavy atom. The fourth-order valence-electron chi connectivity index (χ4n) is 1.56. The van der Waals surface area contributed by atoms with Crippen LogP contribution >= 0.6 is 0 Å². The second-order valence-corrected chi connectivity index (χ2v) is 3.73. The lowest BCUT2D eigenvalue weighted by atomic mass is 10.1. The lowest BCUT2D eigenvalue weighted by Crippen LogP contribution is -2.10. The number of ether oxygens (including phenoxy) is 2. The minimum atomic E-state index is -0.181. The van der Waals surface area contributed by atoms with E-state index in [4.69, 9.17) is 9.47 Å². The standard InChI is InChI=1S/C13H13N3O3/c1-18-11-8-15-12(13(16-11)19-2)10(17)6-9-4-3-5-14-7-9/h3-5,7-8H,6H2,1-2H3. The first-order valence-electron chi connectivity index (χ1n) is 5.61. The van der Waals surface area contributed by atoms with E-state index in [2.05, 4.69) is 15.0 Å². The van der Waals surface area contributed by atoms with E-state index in [0.29, 0.717) is 5.88 Å². The van der Waals surface area contributed by atoms with Gasteiger partial charge < -0.3 is 9.47 Å². The molecule has 0 fully saturated rings. The number of aromatic nitrogens is 3. The molecule has 0 saturated carbocycles. The van der Waals surface area contributed by atoms with Crippen molar-refractivity contribution in [2.24, 2.45) is 0 Å². The second kappa shape index (κ2) is 5.90. The summed E-state index contributed by atoms with van der Waals surface area (Å²) < 4.78 is 9.99. The fourth-order valence-corrected chi connectivity index (χ4v) is 1.56. The lowest BCUT2D eigenvalue weighted by Gasteiger charge is -2.07. The molecule has 0 atom stereocenters. The van der Waals surface area contributed by atoms with Crippen molar-refractivity contribution in [3.63, 3.8) is 0 Å². The number of pyridine rings is 1. The van der Waals surface area contributed by atoms with Crippen LogP contribution < -0.4 is 9.47 Å². The Hall–Kier alpha value is -2.50. The second-order valence-electron chi connectivity index (χ2n) is 3.73. The largest absolute Gasteiger partial charge is 0.480 e. The molecule has 0 aliphatic rings. The summed E-state index contributed by atoms with van der Waals surface area (Å²) in [6, 6.07) is 3.61. The van der Waals surface area contributed by atoms with Gasteiger partial charge in [-0.2, -0.15) is 4.98 Å². The average molecular weight is 259 g/mol. The topological polar surface area (TPSA) is 74.2 Å². The summed E-state index contributed by atoms with van der Waals surface area (Å²) in [7, 11) is 2.91. The Kier molecular flexibility index (Phi) is 4.02. The molecule has 2 heterocycles. The van der Waals surface area contributed by atoms with E-state index < -0.39 is 0 Å². The summed E-state index contributed by atoms with van der Waals surface area (Å²) in [6.45, 7) is 0. The van der Waals surface area contributed by atoms with Crippen LogP contribution in [-0.2, 0) is 6.42 Å². The molecule has 0 amide bonds. The highest BCUT2D eigenvalue weighted by Crippen LogP contribution is 2.18. The van der Waals surface area contributed by atoms with Crippen LogP contribution in [0.15, 0.2) is 30.7 Å². The van der Waals surface area contributed by atoms with Crippen molar-refractivity contribution in [1.29, 1.82) is 0 Å². The third-order valence-electron chi connectivity index (χ3n) is 2.47. The van der Waals surface area contributed by atoms with Crippen LogP contribution in [0.1, 0.15) is 16.1 Å². The summed E-state index contributed by atoms with van der Waals surface area (Å²) in [5.74, 6) is 0.281. The van der Waals surface area contributed by atoms with E-state index in [1.165, 1.54) is 20.4 Å². The van der Waals surface area contributed by atoms with Crippen molar-refractivity contribution in [2.45, 2.75) is 6.42 Å². The molecule has 6 nitrogen and oxygen atoms in total. The number of ketones is 1. The van der Waals surface area contributed by atoms with Crippen LogP contribution in [0.25, 0.3) is 0 Å². The first-order valence-corrected chi connectivity index (χ1v) is 5.61. The van der Waals surface area contributed by atoms with E-state index >= 15 is 0 Å². The quantitative estimate of drug-likeness (QED) is 0.754. The summed E-state index contributed by atoms with van der Waals surface area (Å²) in [5, 5.41) is 0. The van der Waals surface area contributed by atoms with Crippen LogP contribution in [0, 0.1) is 0 Å². The van der Waals surface area contributed by atoms with Gasteiger partial charge in [0.2, 0.25) is 11.8 Å². The van der Waals surface area contributed by atoms with E-state index in [1.54, 1.807) is 18.5 Å². The molecule has 0 bridgehead atoms. The molecule has 19 heavy (non-hydrogen) atoms. The maximum Gasteiger partial charge on any atom is 0.246 e. The molecule has 2 aromatic rings. The molecule has 0 N–H and O–H groups in total. The number of hydrogen-bond acceptors (Lipinski definition) is 6. The van der Waals surface area contributed by atoms with E-state index in [9.17, 15) is 4.79 Å². The van der Waals surface area contributed by atoms with Gasteiger partial charge in [-0.05, 0) is 11.6 Å². The van der Waals surface area contributed by atoms with Crippen molar-refractivity contribution in [3.8, 4) is 11.8 Å². The third-order valence-corrected chi connectivity index (χ3v) is 2.47. The summed E-state index contributed by atoms with van der Waals surface area (Å²) in [5.41, 5.74) is 0.999. The Labute approximate surface area is 110 Å². The molecular formula is C13H13N3O3. The van der Waals surface area contributed by atoms with Gasteiger partial charge in [-0.1, -0.05) is 6.07 Å².